The van der Waals surface area contributed by atoms with Crippen molar-refractivity contribution in [3.05, 3.63) is 182 Å². The van der Waals surface area contributed by atoms with Gasteiger partial charge in [0.2, 0.25) is 0 Å². The Bertz CT molecular complexity index is 3150. The van der Waals surface area contributed by atoms with Crippen molar-refractivity contribution in [2.24, 2.45) is 0 Å². The summed E-state index contributed by atoms with van der Waals surface area (Å²) in [6.45, 7) is 0. The second kappa shape index (κ2) is 11.0. The van der Waals surface area contributed by atoms with Crippen molar-refractivity contribution in [2.75, 3.05) is 4.90 Å². The van der Waals surface area contributed by atoms with E-state index >= 15 is 0 Å². The SMILES string of the molecule is c1ccc(-n2c3ccccc3c3c(N(c4cc5ccc6ccccc6c5c5ccccc45)c4cccc5sc6ccccc6c45)cccc32)cc1. The van der Waals surface area contributed by atoms with E-state index in [0.717, 1.165) is 11.4 Å². The molecule has 2 heterocycles. The standard InChI is InChI=1S/C48H30N2S/c1-2-15-33(16-3-1)49-39-22-10-8-20-37(39)47-40(49)23-12-24-41(47)50(42-25-13-27-45-48(42)38-21-9-11-26-44(38)51-45)43-30-32-29-28-31-14-4-5-17-34(31)46(32)36-19-7-6-18-35(36)43/h1-30H. The van der Waals surface area contributed by atoms with Crippen molar-refractivity contribution in [1.82, 2.24) is 4.57 Å². The summed E-state index contributed by atoms with van der Waals surface area (Å²) in [6, 6.07) is 66.8. The van der Waals surface area contributed by atoms with Crippen molar-refractivity contribution >= 4 is 103 Å². The molecular formula is C48H30N2S. The third-order valence-electron chi connectivity index (χ3n) is 10.5. The molecule has 0 aliphatic heterocycles. The zero-order chi connectivity index (χ0) is 33.5. The highest BCUT2D eigenvalue weighted by Crippen LogP contribution is 2.51. The Hall–Kier alpha value is -6.42. The summed E-state index contributed by atoms with van der Waals surface area (Å²) in [6.07, 6.45) is 0. The highest BCUT2D eigenvalue weighted by molar-refractivity contribution is 7.26. The van der Waals surface area contributed by atoms with Crippen LogP contribution in [0, 0.1) is 0 Å². The van der Waals surface area contributed by atoms with Gasteiger partial charge in [-0.2, -0.15) is 0 Å². The molecule has 11 rings (SSSR count). The molecule has 51 heavy (non-hydrogen) atoms. The van der Waals surface area contributed by atoms with Gasteiger partial charge in [-0.25, -0.2) is 0 Å². The van der Waals surface area contributed by atoms with Crippen LogP contribution in [0.25, 0.3) is 80.0 Å². The van der Waals surface area contributed by atoms with Gasteiger partial charge in [-0.15, -0.1) is 11.3 Å². The van der Waals surface area contributed by atoms with Crippen LogP contribution in [0.4, 0.5) is 17.1 Å². The second-order valence-corrected chi connectivity index (χ2v) is 14.4. The number of hydrogen-bond donors (Lipinski definition) is 0. The Morgan fingerprint density at radius 2 is 0.961 bits per heavy atom. The van der Waals surface area contributed by atoms with E-state index in [1.54, 1.807) is 0 Å². The van der Waals surface area contributed by atoms with Crippen molar-refractivity contribution in [2.45, 2.75) is 0 Å². The lowest BCUT2D eigenvalue weighted by atomic mass is 9.94. The number of rotatable bonds is 4. The van der Waals surface area contributed by atoms with Crippen LogP contribution in [0.5, 0.6) is 0 Å². The first kappa shape index (κ1) is 28.4. The Morgan fingerprint density at radius 1 is 0.353 bits per heavy atom. The molecule has 2 nitrogen and oxygen atoms in total. The van der Waals surface area contributed by atoms with E-state index in [1.165, 1.54) is 85.7 Å². The van der Waals surface area contributed by atoms with Crippen molar-refractivity contribution < 1.29 is 0 Å². The summed E-state index contributed by atoms with van der Waals surface area (Å²) >= 11 is 1.87. The first-order valence-electron chi connectivity index (χ1n) is 17.4. The molecule has 0 bridgehead atoms. The van der Waals surface area contributed by atoms with Gasteiger partial charge in [0.1, 0.15) is 0 Å². The summed E-state index contributed by atoms with van der Waals surface area (Å²) < 4.78 is 5.00. The highest BCUT2D eigenvalue weighted by atomic mass is 32.1. The van der Waals surface area contributed by atoms with Gasteiger partial charge in [0, 0.05) is 42.0 Å². The highest BCUT2D eigenvalue weighted by Gasteiger charge is 2.25. The van der Waals surface area contributed by atoms with Gasteiger partial charge in [-0.1, -0.05) is 127 Å². The Kier molecular flexibility index (Phi) is 6.16. The predicted molar refractivity (Wildman–Crippen MR) is 221 cm³/mol. The first-order valence-corrected chi connectivity index (χ1v) is 18.3. The number of hydrogen-bond acceptors (Lipinski definition) is 2. The zero-order valence-corrected chi connectivity index (χ0v) is 28.4. The molecular weight excluding hydrogens is 637 g/mol. The number of nitrogens with zero attached hydrogens (tertiary/aromatic N) is 2. The molecule has 0 saturated carbocycles. The molecule has 0 unspecified atom stereocenters. The number of fused-ring (bicyclic) bond motifs is 11. The summed E-state index contributed by atoms with van der Waals surface area (Å²) in [5.74, 6) is 0. The smallest absolute Gasteiger partial charge is 0.0562 e. The normalized spacial score (nSPS) is 11.9. The van der Waals surface area contributed by atoms with Gasteiger partial charge < -0.3 is 9.47 Å². The summed E-state index contributed by atoms with van der Waals surface area (Å²) in [5.41, 5.74) is 7.04. The van der Waals surface area contributed by atoms with Crippen molar-refractivity contribution in [1.29, 1.82) is 0 Å². The average Bonchev–Trinajstić information content (AvgIpc) is 3.75. The molecule has 0 fully saturated rings. The van der Waals surface area contributed by atoms with Crippen molar-refractivity contribution in [3.8, 4) is 5.69 Å². The number of para-hydroxylation sites is 2. The van der Waals surface area contributed by atoms with Gasteiger partial charge in [0.25, 0.3) is 0 Å². The molecule has 0 aliphatic carbocycles. The Balaban J connectivity index is 1.33. The van der Waals surface area contributed by atoms with Gasteiger partial charge >= 0.3 is 0 Å². The maximum absolute atomic E-state index is 2.56. The topological polar surface area (TPSA) is 8.17 Å². The van der Waals surface area contributed by atoms with E-state index in [9.17, 15) is 0 Å². The third-order valence-corrected chi connectivity index (χ3v) is 11.7. The fourth-order valence-electron chi connectivity index (χ4n) is 8.42. The molecule has 3 heteroatoms. The van der Waals surface area contributed by atoms with Crippen molar-refractivity contribution in [3.63, 3.8) is 0 Å². The fourth-order valence-corrected chi connectivity index (χ4v) is 9.54. The van der Waals surface area contributed by atoms with Crippen LogP contribution in [0.2, 0.25) is 0 Å². The van der Waals surface area contributed by atoms with E-state index in [-0.39, 0.29) is 0 Å². The number of anilines is 3. The quantitative estimate of drug-likeness (QED) is 0.170. The Labute approximate surface area is 298 Å². The lowest BCUT2D eigenvalue weighted by Gasteiger charge is -2.29. The minimum Gasteiger partial charge on any atom is -0.309 e. The lowest BCUT2D eigenvalue weighted by Crippen LogP contribution is -2.11. The molecule has 0 atom stereocenters. The molecule has 11 aromatic rings. The van der Waals surface area contributed by atoms with Crippen LogP contribution < -0.4 is 4.90 Å². The molecule has 0 spiro atoms. The number of aromatic nitrogens is 1. The number of benzene rings is 9. The molecule has 0 radical (unpaired) electrons. The molecule has 2 aromatic heterocycles. The van der Waals surface area contributed by atoms with Gasteiger partial charge in [0.05, 0.1) is 28.1 Å². The van der Waals surface area contributed by atoms with Crippen LogP contribution >= 0.6 is 11.3 Å². The Morgan fingerprint density at radius 3 is 1.82 bits per heavy atom. The number of thiophene rings is 1. The lowest BCUT2D eigenvalue weighted by molar-refractivity contribution is 1.18. The zero-order valence-electron chi connectivity index (χ0n) is 27.6. The van der Waals surface area contributed by atoms with E-state index < -0.39 is 0 Å². The molecule has 238 valence electrons. The van der Waals surface area contributed by atoms with Crippen LogP contribution in [0.15, 0.2) is 182 Å². The minimum atomic E-state index is 1.15. The van der Waals surface area contributed by atoms with Crippen LogP contribution in [0.3, 0.4) is 0 Å². The van der Waals surface area contributed by atoms with E-state index in [2.05, 4.69) is 191 Å². The molecule has 0 N–H and O–H groups in total. The van der Waals surface area contributed by atoms with Gasteiger partial charge in [0.15, 0.2) is 0 Å². The van der Waals surface area contributed by atoms with E-state index in [0.29, 0.717) is 0 Å². The monoisotopic (exact) mass is 666 g/mol. The van der Waals surface area contributed by atoms with Crippen LogP contribution in [0.1, 0.15) is 0 Å². The van der Waals surface area contributed by atoms with E-state index in [1.807, 2.05) is 11.3 Å². The molecule has 9 aromatic carbocycles. The summed E-state index contributed by atoms with van der Waals surface area (Å²) in [7, 11) is 0. The van der Waals surface area contributed by atoms with Gasteiger partial charge in [-0.3, -0.25) is 0 Å². The minimum absolute atomic E-state index is 1.15. The molecule has 0 saturated heterocycles. The largest absolute Gasteiger partial charge is 0.309 e. The maximum atomic E-state index is 2.56. The molecule has 0 aliphatic rings. The molecule has 0 amide bonds. The van der Waals surface area contributed by atoms with Crippen LogP contribution in [-0.2, 0) is 0 Å². The maximum Gasteiger partial charge on any atom is 0.0562 e. The van der Waals surface area contributed by atoms with E-state index in [4.69, 9.17) is 0 Å². The summed E-state index contributed by atoms with van der Waals surface area (Å²) in [5, 5.41) is 12.6. The fraction of sp³-hybridized carbons (Fsp3) is 0. The predicted octanol–water partition coefficient (Wildman–Crippen LogP) is 14.1. The average molecular weight is 667 g/mol. The van der Waals surface area contributed by atoms with Crippen LogP contribution in [-0.4, -0.2) is 4.57 Å². The third kappa shape index (κ3) is 4.16. The second-order valence-electron chi connectivity index (χ2n) is 13.3. The first-order chi connectivity index (χ1) is 25.3. The summed E-state index contributed by atoms with van der Waals surface area (Å²) in [4.78, 5) is 2.56. The van der Waals surface area contributed by atoms with Gasteiger partial charge in [-0.05, 0) is 81.5 Å².